The summed E-state index contributed by atoms with van der Waals surface area (Å²) in [5, 5.41) is 11.2. The Morgan fingerprint density at radius 2 is 2.00 bits per heavy atom. The molecule has 0 bridgehead atoms. The molecule has 0 spiro atoms. The molecular weight excluding hydrogens is 120 g/mol. The van der Waals surface area contributed by atoms with Crippen molar-refractivity contribution in [2.24, 2.45) is 5.73 Å². The van der Waals surface area contributed by atoms with E-state index in [1.54, 1.807) is 0 Å². The van der Waals surface area contributed by atoms with Gasteiger partial charge < -0.3 is 16.2 Å². The largest absolute Gasteiger partial charge is 0.384 e. The van der Waals surface area contributed by atoms with Crippen LogP contribution in [0.25, 0.3) is 0 Å². The minimum Gasteiger partial charge on any atom is -0.384 e. The molecule has 1 rings (SSSR count). The predicted molar refractivity (Wildman–Crippen MR) is 33.7 cm³/mol. The van der Waals surface area contributed by atoms with Crippen LogP contribution in [0, 0.1) is 0 Å². The summed E-state index contributed by atoms with van der Waals surface area (Å²) < 4.78 is 0. The highest BCUT2D eigenvalue weighted by Crippen LogP contribution is 1.70. The number of primary amides is 1. The molecule has 4 heteroatoms. The molecule has 1 heterocycles. The zero-order valence-electron chi connectivity index (χ0n) is 5.42. The van der Waals surface area contributed by atoms with Crippen molar-refractivity contribution in [3.05, 3.63) is 0 Å². The summed E-state index contributed by atoms with van der Waals surface area (Å²) >= 11 is 0. The van der Waals surface area contributed by atoms with E-state index in [0.29, 0.717) is 0 Å². The van der Waals surface area contributed by atoms with Gasteiger partial charge in [0, 0.05) is 13.1 Å². The number of carbonyl (C=O) groups excluding carboxylic acids is 1. The topological polar surface area (TPSA) is 85.3 Å². The fourth-order valence-corrected chi connectivity index (χ4v) is 0. The summed E-state index contributed by atoms with van der Waals surface area (Å²) in [4.78, 5) is 9.67. The van der Waals surface area contributed by atoms with Crippen LogP contribution in [-0.2, 0) is 4.79 Å². The summed E-state index contributed by atoms with van der Waals surface area (Å²) in [5.41, 5.74) is 4.55. The molecule has 1 unspecified atom stereocenters. The number of hydrogen-bond donors (Lipinski definition) is 3. The van der Waals surface area contributed by atoms with Crippen molar-refractivity contribution in [1.82, 2.24) is 5.32 Å². The second-order valence-electron chi connectivity index (χ2n) is 1.83. The molecule has 1 saturated heterocycles. The molecule has 1 aliphatic heterocycles. The van der Waals surface area contributed by atoms with E-state index in [-0.39, 0.29) is 0 Å². The average Bonchev–Trinajstić information content (AvgIpc) is 2.46. The van der Waals surface area contributed by atoms with E-state index in [4.69, 9.17) is 5.11 Å². The minimum absolute atomic E-state index is 0.685. The SMILES string of the molecule is C1CN1.CC(O)C(N)=O. The van der Waals surface area contributed by atoms with E-state index in [0.717, 1.165) is 0 Å². The Kier molecular flexibility index (Phi) is 4.00. The Balaban J connectivity index is 0.000000173. The van der Waals surface area contributed by atoms with Crippen LogP contribution in [0.1, 0.15) is 6.92 Å². The first kappa shape index (κ1) is 8.39. The second-order valence-corrected chi connectivity index (χ2v) is 1.83. The quantitative estimate of drug-likeness (QED) is 0.377. The van der Waals surface area contributed by atoms with Gasteiger partial charge in [-0.2, -0.15) is 0 Å². The molecule has 0 radical (unpaired) electrons. The first-order chi connectivity index (χ1) is 4.14. The molecule has 1 aliphatic rings. The smallest absolute Gasteiger partial charge is 0.245 e. The van der Waals surface area contributed by atoms with Crippen molar-refractivity contribution in [3.63, 3.8) is 0 Å². The van der Waals surface area contributed by atoms with Crippen LogP contribution in [0.2, 0.25) is 0 Å². The molecule has 9 heavy (non-hydrogen) atoms. The number of nitrogens with two attached hydrogens (primary N) is 1. The van der Waals surface area contributed by atoms with Gasteiger partial charge in [-0.1, -0.05) is 0 Å². The van der Waals surface area contributed by atoms with Gasteiger partial charge in [0.05, 0.1) is 0 Å². The van der Waals surface area contributed by atoms with E-state index in [9.17, 15) is 4.79 Å². The second kappa shape index (κ2) is 4.29. The van der Waals surface area contributed by atoms with Gasteiger partial charge in [0.15, 0.2) is 0 Å². The third-order valence-corrected chi connectivity index (χ3v) is 0.662. The van der Waals surface area contributed by atoms with Crippen molar-refractivity contribution < 1.29 is 9.90 Å². The molecule has 0 aromatic rings. The maximum Gasteiger partial charge on any atom is 0.245 e. The predicted octanol–water partition coefficient (Wildman–Crippen LogP) is -1.56. The number of hydrogen-bond acceptors (Lipinski definition) is 3. The normalized spacial score (nSPS) is 17.1. The molecule has 1 atom stereocenters. The highest BCUT2D eigenvalue weighted by atomic mass is 16.3. The molecule has 54 valence electrons. The summed E-state index contributed by atoms with van der Waals surface area (Å²) in [7, 11) is 0. The highest BCUT2D eigenvalue weighted by Gasteiger charge is 1.98. The Labute approximate surface area is 54.0 Å². The van der Waals surface area contributed by atoms with Gasteiger partial charge in [-0.15, -0.1) is 0 Å². The molecule has 0 saturated carbocycles. The molecular formula is C5H12N2O2. The van der Waals surface area contributed by atoms with Crippen molar-refractivity contribution in [2.75, 3.05) is 13.1 Å². The van der Waals surface area contributed by atoms with Crippen molar-refractivity contribution in [1.29, 1.82) is 0 Å². The van der Waals surface area contributed by atoms with Crippen LogP contribution >= 0.6 is 0 Å². The van der Waals surface area contributed by atoms with Crippen molar-refractivity contribution in [2.45, 2.75) is 13.0 Å². The van der Waals surface area contributed by atoms with E-state index in [2.05, 4.69) is 11.1 Å². The molecule has 0 aromatic heterocycles. The van der Waals surface area contributed by atoms with Gasteiger partial charge in [0.25, 0.3) is 0 Å². The van der Waals surface area contributed by atoms with E-state index in [1.807, 2.05) is 0 Å². The summed E-state index contributed by atoms with van der Waals surface area (Å²) in [6, 6.07) is 0. The van der Waals surface area contributed by atoms with Crippen LogP contribution in [0.4, 0.5) is 0 Å². The lowest BCUT2D eigenvalue weighted by atomic mass is 10.4. The van der Waals surface area contributed by atoms with Gasteiger partial charge in [-0.25, -0.2) is 0 Å². The molecule has 0 aliphatic carbocycles. The molecule has 1 amide bonds. The fraction of sp³-hybridized carbons (Fsp3) is 0.800. The molecule has 4 N–H and O–H groups in total. The van der Waals surface area contributed by atoms with Crippen LogP contribution < -0.4 is 11.1 Å². The first-order valence-corrected chi connectivity index (χ1v) is 2.82. The van der Waals surface area contributed by atoms with Crippen LogP contribution in [0.5, 0.6) is 0 Å². The Hall–Kier alpha value is -0.610. The average molecular weight is 132 g/mol. The zero-order valence-corrected chi connectivity index (χ0v) is 5.42. The Morgan fingerprint density at radius 1 is 1.78 bits per heavy atom. The van der Waals surface area contributed by atoms with E-state index < -0.39 is 12.0 Å². The maximum absolute atomic E-state index is 9.67. The van der Waals surface area contributed by atoms with Gasteiger partial charge in [0.2, 0.25) is 5.91 Å². The summed E-state index contributed by atoms with van der Waals surface area (Å²) in [5.74, 6) is -0.685. The van der Waals surface area contributed by atoms with Crippen LogP contribution in [0.15, 0.2) is 0 Å². The third kappa shape index (κ3) is 11.1. The molecule has 4 nitrogen and oxygen atoms in total. The minimum atomic E-state index is -1.01. The number of carbonyl (C=O) groups is 1. The lowest BCUT2D eigenvalue weighted by Crippen LogP contribution is -2.24. The molecule has 1 fully saturated rings. The number of rotatable bonds is 1. The first-order valence-electron chi connectivity index (χ1n) is 2.82. The van der Waals surface area contributed by atoms with Crippen LogP contribution in [0.3, 0.4) is 0 Å². The monoisotopic (exact) mass is 132 g/mol. The summed E-state index contributed by atoms with van der Waals surface area (Å²) in [6.07, 6.45) is -1.01. The van der Waals surface area contributed by atoms with Crippen LogP contribution in [-0.4, -0.2) is 30.2 Å². The molecule has 0 aromatic carbocycles. The summed E-state index contributed by atoms with van der Waals surface area (Å²) in [6.45, 7) is 3.82. The van der Waals surface area contributed by atoms with Crippen molar-refractivity contribution >= 4 is 5.91 Å². The number of amides is 1. The fourth-order valence-electron chi connectivity index (χ4n) is 0. The third-order valence-electron chi connectivity index (χ3n) is 0.662. The van der Waals surface area contributed by atoms with Gasteiger partial charge in [-0.3, -0.25) is 4.79 Å². The standard InChI is InChI=1S/C3H7NO2.C2H5N/c1-2(5)3(4)6;1-2-3-1/h2,5H,1H3,(H2,4,6);3H,1-2H2. The van der Waals surface area contributed by atoms with Gasteiger partial charge >= 0.3 is 0 Å². The maximum atomic E-state index is 9.67. The van der Waals surface area contributed by atoms with Crippen molar-refractivity contribution in [3.8, 4) is 0 Å². The number of nitrogens with one attached hydrogen (secondary N) is 1. The lowest BCUT2D eigenvalue weighted by molar-refractivity contribution is -0.125. The zero-order chi connectivity index (χ0) is 7.28. The van der Waals surface area contributed by atoms with E-state index >= 15 is 0 Å². The lowest BCUT2D eigenvalue weighted by Gasteiger charge is -1.90. The Morgan fingerprint density at radius 3 is 2.00 bits per heavy atom. The highest BCUT2D eigenvalue weighted by molar-refractivity contribution is 5.77. The Bertz CT molecular complexity index is 88.2. The van der Waals surface area contributed by atoms with Gasteiger partial charge in [0.1, 0.15) is 6.10 Å². The van der Waals surface area contributed by atoms with Gasteiger partial charge in [-0.05, 0) is 6.92 Å². The number of aliphatic hydroxyl groups is 1. The number of aliphatic hydroxyl groups excluding tert-OH is 1. The van der Waals surface area contributed by atoms with E-state index in [1.165, 1.54) is 20.0 Å².